The summed E-state index contributed by atoms with van der Waals surface area (Å²) >= 11 is 0. The van der Waals surface area contributed by atoms with Gasteiger partial charge in [0.15, 0.2) is 0 Å². The molecule has 7 heteroatoms. The third-order valence-electron chi connectivity index (χ3n) is 2.76. The average Bonchev–Trinajstić information content (AvgIpc) is 2.00. The number of carboxylic acids is 1. The number of carboxylic acid groups (broad SMARTS) is 1. The molecular formula is C8H15NaO5S. The summed E-state index contributed by atoms with van der Waals surface area (Å²) in [6, 6.07) is 0. The van der Waals surface area contributed by atoms with E-state index in [0.717, 1.165) is 0 Å². The molecule has 1 atom stereocenters. The Morgan fingerprint density at radius 1 is 1.40 bits per heavy atom. The standard InChI is InChI=1S/C8H16O5S.Na/c1-4-8(3,5-2)6(7(9)10)14(11,12)13;/h6H,4-5H2,1-3H3,(H,9,10)(H,11,12,13);/q;+1/p-1. The fourth-order valence-electron chi connectivity index (χ4n) is 1.39. The van der Waals surface area contributed by atoms with Gasteiger partial charge in [-0.2, -0.15) is 8.42 Å². The summed E-state index contributed by atoms with van der Waals surface area (Å²) in [5.41, 5.74) is -0.994. The quantitative estimate of drug-likeness (QED) is 0.408. The van der Waals surface area contributed by atoms with Gasteiger partial charge < -0.3 is 9.90 Å². The van der Waals surface area contributed by atoms with Gasteiger partial charge in [-0.05, 0) is 18.3 Å². The van der Waals surface area contributed by atoms with E-state index in [0.29, 0.717) is 12.8 Å². The number of rotatable bonds is 5. The minimum atomic E-state index is -4.61. The minimum Gasteiger partial charge on any atom is -0.549 e. The second kappa shape index (κ2) is 6.20. The minimum absolute atomic E-state index is 0. The number of hydrogen-bond acceptors (Lipinski definition) is 4. The maximum absolute atomic E-state index is 10.9. The predicted molar refractivity (Wildman–Crippen MR) is 49.0 cm³/mol. The fraction of sp³-hybridized carbons (Fsp3) is 0.875. The number of carbonyl (C=O) groups excluding carboxylic acids is 1. The van der Waals surface area contributed by atoms with Crippen molar-refractivity contribution in [3.63, 3.8) is 0 Å². The largest absolute Gasteiger partial charge is 1.00 e. The van der Waals surface area contributed by atoms with E-state index in [1.165, 1.54) is 6.92 Å². The van der Waals surface area contributed by atoms with Crippen molar-refractivity contribution in [2.24, 2.45) is 5.41 Å². The number of carbonyl (C=O) groups is 1. The zero-order valence-electron chi connectivity index (χ0n) is 9.48. The molecule has 0 spiro atoms. The molecule has 1 N–H and O–H groups in total. The van der Waals surface area contributed by atoms with E-state index in [1.54, 1.807) is 13.8 Å². The van der Waals surface area contributed by atoms with E-state index < -0.39 is 26.8 Å². The zero-order valence-corrected chi connectivity index (χ0v) is 12.3. The van der Waals surface area contributed by atoms with Gasteiger partial charge in [0.2, 0.25) is 0 Å². The summed E-state index contributed by atoms with van der Waals surface area (Å²) < 4.78 is 30.5. The normalized spacial score (nSPS) is 14.1. The third kappa shape index (κ3) is 4.40. The van der Waals surface area contributed by atoms with Crippen molar-refractivity contribution < 1.29 is 52.4 Å². The van der Waals surface area contributed by atoms with Gasteiger partial charge in [0.25, 0.3) is 10.1 Å². The smallest absolute Gasteiger partial charge is 0.549 e. The number of hydrogen-bond donors (Lipinski definition) is 1. The Balaban J connectivity index is 0. The van der Waals surface area contributed by atoms with Crippen LogP contribution in [0.4, 0.5) is 0 Å². The molecule has 0 bridgehead atoms. The summed E-state index contributed by atoms with van der Waals surface area (Å²) in [6.45, 7) is 4.84. The van der Waals surface area contributed by atoms with Gasteiger partial charge in [-0.25, -0.2) is 0 Å². The molecule has 0 aliphatic carbocycles. The molecule has 0 aromatic carbocycles. The molecular weight excluding hydrogens is 231 g/mol. The van der Waals surface area contributed by atoms with Gasteiger partial charge in [0.1, 0.15) is 5.25 Å². The molecule has 0 saturated heterocycles. The Labute approximate surface area is 112 Å². The van der Waals surface area contributed by atoms with Crippen LogP contribution in [0.3, 0.4) is 0 Å². The van der Waals surface area contributed by atoms with Gasteiger partial charge in [0.05, 0.1) is 5.97 Å². The molecule has 0 aliphatic heterocycles. The molecule has 15 heavy (non-hydrogen) atoms. The van der Waals surface area contributed by atoms with Crippen molar-refractivity contribution in [1.29, 1.82) is 0 Å². The SMILES string of the molecule is CCC(C)(CC)C(C(=O)[O-])S(=O)(=O)O.[Na+]. The van der Waals surface area contributed by atoms with Crippen molar-refractivity contribution in [1.82, 2.24) is 0 Å². The molecule has 0 saturated carbocycles. The van der Waals surface area contributed by atoms with Crippen LogP contribution in [0, 0.1) is 5.41 Å². The van der Waals surface area contributed by atoms with Gasteiger partial charge in [-0.3, -0.25) is 4.55 Å². The molecule has 0 aromatic rings. The maximum atomic E-state index is 10.9. The van der Waals surface area contributed by atoms with Gasteiger partial charge in [-0.1, -0.05) is 20.8 Å². The van der Waals surface area contributed by atoms with Crippen LogP contribution >= 0.6 is 0 Å². The van der Waals surface area contributed by atoms with Crippen LogP contribution in [-0.2, 0) is 14.9 Å². The fourth-order valence-corrected chi connectivity index (χ4v) is 2.68. The van der Waals surface area contributed by atoms with Crippen LogP contribution < -0.4 is 34.7 Å². The topological polar surface area (TPSA) is 94.5 Å². The third-order valence-corrected chi connectivity index (χ3v) is 4.12. The summed E-state index contributed by atoms with van der Waals surface area (Å²) in [6.07, 6.45) is 0.671. The Morgan fingerprint density at radius 2 is 1.73 bits per heavy atom. The van der Waals surface area contributed by atoms with Crippen molar-refractivity contribution in [3.05, 3.63) is 0 Å². The summed E-state index contributed by atoms with van der Waals surface area (Å²) in [4.78, 5) is 10.7. The second-order valence-electron chi connectivity index (χ2n) is 3.58. The van der Waals surface area contributed by atoms with E-state index in [9.17, 15) is 18.3 Å². The average molecular weight is 246 g/mol. The Hall–Kier alpha value is 0.380. The molecule has 0 amide bonds. The van der Waals surface area contributed by atoms with Gasteiger partial charge in [-0.15, -0.1) is 0 Å². The van der Waals surface area contributed by atoms with Crippen molar-refractivity contribution in [2.45, 2.75) is 38.9 Å². The van der Waals surface area contributed by atoms with Crippen LogP contribution in [0.5, 0.6) is 0 Å². The summed E-state index contributed by atoms with van der Waals surface area (Å²) in [5.74, 6) is -1.75. The predicted octanol–water partition coefficient (Wildman–Crippen LogP) is -3.18. The first-order valence-electron chi connectivity index (χ1n) is 4.36. The van der Waals surface area contributed by atoms with Gasteiger partial charge in [0, 0.05) is 0 Å². The van der Waals surface area contributed by atoms with Crippen LogP contribution in [0.15, 0.2) is 0 Å². The molecule has 0 radical (unpaired) electrons. The van der Waals surface area contributed by atoms with Crippen LogP contribution in [0.2, 0.25) is 0 Å². The monoisotopic (exact) mass is 246 g/mol. The van der Waals surface area contributed by atoms with Gasteiger partial charge >= 0.3 is 29.6 Å². The molecule has 84 valence electrons. The first-order chi connectivity index (χ1) is 6.19. The number of aliphatic carboxylic acids is 1. The Kier molecular flexibility index (Phi) is 7.34. The van der Waals surface area contributed by atoms with Crippen molar-refractivity contribution >= 4 is 16.1 Å². The second-order valence-corrected chi connectivity index (χ2v) is 5.08. The van der Waals surface area contributed by atoms with Crippen molar-refractivity contribution in [3.8, 4) is 0 Å². The van der Waals surface area contributed by atoms with E-state index in [1.807, 2.05) is 0 Å². The van der Waals surface area contributed by atoms with E-state index >= 15 is 0 Å². The molecule has 1 unspecified atom stereocenters. The molecule has 0 rings (SSSR count). The first-order valence-corrected chi connectivity index (χ1v) is 5.86. The summed E-state index contributed by atoms with van der Waals surface area (Å²) in [7, 11) is -4.61. The first kappa shape index (κ1) is 17.8. The van der Waals surface area contributed by atoms with E-state index in [-0.39, 0.29) is 29.6 Å². The summed E-state index contributed by atoms with van der Waals surface area (Å²) in [5, 5.41) is 8.80. The van der Waals surface area contributed by atoms with E-state index in [2.05, 4.69) is 0 Å². The van der Waals surface area contributed by atoms with Crippen LogP contribution in [-0.4, -0.2) is 24.2 Å². The van der Waals surface area contributed by atoms with Crippen LogP contribution in [0.25, 0.3) is 0 Å². The Bertz CT molecular complexity index is 307. The zero-order chi connectivity index (χ0) is 11.6. The van der Waals surface area contributed by atoms with E-state index in [4.69, 9.17) is 4.55 Å². The molecule has 5 nitrogen and oxygen atoms in total. The molecule has 0 heterocycles. The maximum Gasteiger partial charge on any atom is 1.00 e. The molecule has 0 aliphatic rings. The Morgan fingerprint density at radius 3 is 1.80 bits per heavy atom. The molecule has 0 fully saturated rings. The van der Waals surface area contributed by atoms with Crippen molar-refractivity contribution in [2.75, 3.05) is 0 Å². The molecule has 0 aromatic heterocycles. The van der Waals surface area contributed by atoms with Crippen LogP contribution in [0.1, 0.15) is 33.6 Å².